The summed E-state index contributed by atoms with van der Waals surface area (Å²) in [7, 11) is 1.20. The Morgan fingerprint density at radius 2 is 2.27 bits per heavy atom. The summed E-state index contributed by atoms with van der Waals surface area (Å²) in [4.78, 5) is 10.7. The van der Waals surface area contributed by atoms with Gasteiger partial charge in [0.15, 0.2) is 5.82 Å². The minimum absolute atomic E-state index is 0.0661. The molecule has 0 aliphatic carbocycles. The van der Waals surface area contributed by atoms with Crippen LogP contribution < -0.4 is 5.73 Å². The summed E-state index contributed by atoms with van der Waals surface area (Å²) in [6.07, 6.45) is 0. The largest absolute Gasteiger partial charge is 0.459 e. The summed E-state index contributed by atoms with van der Waals surface area (Å²) in [6, 6.07) is 2.75. The molecule has 3 nitrogen and oxygen atoms in total. The van der Waals surface area contributed by atoms with E-state index in [-0.39, 0.29) is 16.3 Å². The van der Waals surface area contributed by atoms with Gasteiger partial charge in [-0.15, -0.1) is 0 Å². The molecule has 2 N–H and O–H groups in total. The third-order valence-corrected chi connectivity index (χ3v) is 1.97. The molecule has 0 saturated heterocycles. The molecule has 0 bridgehead atoms. The highest BCUT2D eigenvalue weighted by atomic mass is 35.5. The maximum absolute atomic E-state index is 13.2. The average Bonchev–Trinajstić information content (AvgIpc) is 2.24. The first-order valence-corrected chi connectivity index (χ1v) is 4.27. The second kappa shape index (κ2) is 4.67. The number of hydrogen-bond donors (Lipinski definition) is 1. The zero-order valence-corrected chi connectivity index (χ0v) is 8.56. The van der Waals surface area contributed by atoms with Crippen molar-refractivity contribution >= 4 is 23.3 Å². The molecular weight excluding hydrogens is 221 g/mol. The number of methoxy groups -OCH3 is 1. The predicted molar refractivity (Wildman–Crippen MR) is 54.7 cm³/mol. The molecule has 0 aliphatic rings. The van der Waals surface area contributed by atoms with Crippen LogP contribution in [-0.2, 0) is 9.53 Å². The number of nitrogens with two attached hydrogens (primary N) is 1. The van der Waals surface area contributed by atoms with Crippen LogP contribution in [0.1, 0.15) is 5.56 Å². The molecular formula is C10H7ClFNO2. The van der Waals surface area contributed by atoms with Crippen LogP contribution in [-0.4, -0.2) is 13.1 Å². The first-order valence-electron chi connectivity index (χ1n) is 3.89. The molecule has 1 aromatic carbocycles. The van der Waals surface area contributed by atoms with Crippen molar-refractivity contribution in [3.8, 4) is 11.8 Å². The van der Waals surface area contributed by atoms with Gasteiger partial charge in [0.2, 0.25) is 0 Å². The van der Waals surface area contributed by atoms with Crippen LogP contribution >= 0.6 is 11.6 Å². The second-order valence-electron chi connectivity index (χ2n) is 2.57. The Morgan fingerprint density at radius 1 is 1.60 bits per heavy atom. The molecule has 0 aromatic heterocycles. The number of halogens is 2. The summed E-state index contributed by atoms with van der Waals surface area (Å²) < 4.78 is 17.4. The van der Waals surface area contributed by atoms with Crippen molar-refractivity contribution in [2.75, 3.05) is 12.8 Å². The molecule has 0 radical (unpaired) electrons. The minimum atomic E-state index is -0.742. The molecule has 0 saturated carbocycles. The maximum Gasteiger partial charge on any atom is 0.384 e. The van der Waals surface area contributed by atoms with Crippen molar-refractivity contribution in [2.24, 2.45) is 0 Å². The highest BCUT2D eigenvalue weighted by Gasteiger charge is 2.07. The van der Waals surface area contributed by atoms with Gasteiger partial charge in [-0.05, 0) is 12.1 Å². The Hall–Kier alpha value is -1.73. The molecule has 0 unspecified atom stereocenters. The van der Waals surface area contributed by atoms with E-state index in [2.05, 4.69) is 16.6 Å². The first-order chi connectivity index (χ1) is 7.06. The van der Waals surface area contributed by atoms with Crippen molar-refractivity contribution in [1.82, 2.24) is 0 Å². The normalized spacial score (nSPS) is 9.00. The molecule has 0 heterocycles. The number of hydrogen-bond acceptors (Lipinski definition) is 3. The van der Waals surface area contributed by atoms with Crippen LogP contribution in [0.4, 0.5) is 10.1 Å². The van der Waals surface area contributed by atoms with E-state index in [1.807, 2.05) is 0 Å². The van der Waals surface area contributed by atoms with Gasteiger partial charge in [0.05, 0.1) is 17.8 Å². The average molecular weight is 228 g/mol. The molecule has 0 amide bonds. The van der Waals surface area contributed by atoms with E-state index in [0.29, 0.717) is 0 Å². The third-order valence-electron chi connectivity index (χ3n) is 1.60. The lowest BCUT2D eigenvalue weighted by Crippen LogP contribution is -1.96. The molecule has 5 heteroatoms. The number of nitrogen functional groups attached to an aromatic ring is 1. The minimum Gasteiger partial charge on any atom is -0.459 e. The Kier molecular flexibility index (Phi) is 3.53. The number of carbonyl (C=O) groups is 1. The van der Waals surface area contributed by atoms with Gasteiger partial charge >= 0.3 is 5.97 Å². The Morgan fingerprint density at radius 3 is 2.87 bits per heavy atom. The molecule has 0 spiro atoms. The van der Waals surface area contributed by atoms with Crippen molar-refractivity contribution in [3.05, 3.63) is 28.5 Å². The van der Waals surface area contributed by atoms with Crippen LogP contribution in [0.25, 0.3) is 0 Å². The Bertz CT molecular complexity index is 462. The predicted octanol–water partition coefficient (Wildman–Crippen LogP) is 1.59. The lowest BCUT2D eigenvalue weighted by Gasteiger charge is -2.00. The van der Waals surface area contributed by atoms with Gasteiger partial charge < -0.3 is 10.5 Å². The molecule has 0 fully saturated rings. The van der Waals surface area contributed by atoms with Gasteiger partial charge in [-0.1, -0.05) is 17.5 Å². The Balaban J connectivity index is 3.10. The van der Waals surface area contributed by atoms with Gasteiger partial charge in [-0.25, -0.2) is 9.18 Å². The highest BCUT2D eigenvalue weighted by Crippen LogP contribution is 2.23. The first kappa shape index (κ1) is 11.3. The molecule has 78 valence electrons. The summed E-state index contributed by atoms with van der Waals surface area (Å²) in [5, 5.41) is -0.202. The zero-order chi connectivity index (χ0) is 11.4. The van der Waals surface area contributed by atoms with Crippen LogP contribution in [0.2, 0.25) is 5.02 Å². The number of anilines is 1. The van der Waals surface area contributed by atoms with Crippen LogP contribution in [0.3, 0.4) is 0 Å². The molecule has 0 aliphatic heterocycles. The van der Waals surface area contributed by atoms with Crippen molar-refractivity contribution in [2.45, 2.75) is 0 Å². The van der Waals surface area contributed by atoms with E-state index in [1.54, 1.807) is 0 Å². The van der Waals surface area contributed by atoms with Crippen molar-refractivity contribution in [3.63, 3.8) is 0 Å². The van der Waals surface area contributed by atoms with Crippen LogP contribution in [0.5, 0.6) is 0 Å². The van der Waals surface area contributed by atoms with Gasteiger partial charge in [-0.3, -0.25) is 0 Å². The van der Waals surface area contributed by atoms with Gasteiger partial charge in [0.25, 0.3) is 0 Å². The molecule has 0 atom stereocenters. The monoisotopic (exact) mass is 227 g/mol. The summed E-state index contributed by atoms with van der Waals surface area (Å²) in [5.74, 6) is 3.05. The van der Waals surface area contributed by atoms with E-state index in [1.165, 1.54) is 19.2 Å². The fourth-order valence-electron chi connectivity index (χ4n) is 0.830. The fraction of sp³-hybridized carbons (Fsp3) is 0.100. The summed E-state index contributed by atoms with van der Waals surface area (Å²) in [6.45, 7) is 0. The maximum atomic E-state index is 13.2. The molecule has 1 rings (SSSR count). The van der Waals surface area contributed by atoms with Gasteiger partial charge in [-0.2, -0.15) is 0 Å². The van der Waals surface area contributed by atoms with Crippen LogP contribution in [0, 0.1) is 17.7 Å². The van der Waals surface area contributed by atoms with Crippen molar-refractivity contribution in [1.29, 1.82) is 0 Å². The summed E-state index contributed by atoms with van der Waals surface area (Å²) >= 11 is 5.62. The fourth-order valence-corrected chi connectivity index (χ4v) is 1.05. The third kappa shape index (κ3) is 2.61. The topological polar surface area (TPSA) is 52.3 Å². The number of carbonyl (C=O) groups excluding carboxylic acids is 1. The second-order valence-corrected chi connectivity index (χ2v) is 2.95. The molecule has 1 aromatic rings. The van der Waals surface area contributed by atoms with E-state index >= 15 is 0 Å². The molecule has 15 heavy (non-hydrogen) atoms. The lowest BCUT2D eigenvalue weighted by atomic mass is 10.2. The van der Waals surface area contributed by atoms with Gasteiger partial charge in [0, 0.05) is 11.5 Å². The van der Waals surface area contributed by atoms with E-state index in [4.69, 9.17) is 17.3 Å². The zero-order valence-electron chi connectivity index (χ0n) is 7.80. The lowest BCUT2D eigenvalue weighted by molar-refractivity contribution is -0.133. The smallest absolute Gasteiger partial charge is 0.384 e. The number of esters is 1. The highest BCUT2D eigenvalue weighted by molar-refractivity contribution is 6.32. The standard InChI is InChI=1S/C10H7ClFNO2/c1-15-8(14)5-3-6-2-4-7(13)10(12)9(6)11/h2,4H,13H2,1H3. The van der Waals surface area contributed by atoms with Gasteiger partial charge in [0.1, 0.15) is 0 Å². The number of benzene rings is 1. The quantitative estimate of drug-likeness (QED) is 0.416. The summed E-state index contributed by atoms with van der Waals surface area (Å²) in [5.41, 5.74) is 5.39. The van der Waals surface area contributed by atoms with E-state index in [9.17, 15) is 9.18 Å². The number of rotatable bonds is 0. The van der Waals surface area contributed by atoms with E-state index < -0.39 is 11.8 Å². The van der Waals surface area contributed by atoms with E-state index in [0.717, 1.165) is 0 Å². The number of ether oxygens (including phenoxy) is 1. The Labute approximate surface area is 91.0 Å². The van der Waals surface area contributed by atoms with Crippen LogP contribution in [0.15, 0.2) is 12.1 Å². The van der Waals surface area contributed by atoms with Crippen molar-refractivity contribution < 1.29 is 13.9 Å². The SMILES string of the molecule is COC(=O)C#Cc1ccc(N)c(F)c1Cl.